The zero-order valence-corrected chi connectivity index (χ0v) is 11.0. The average molecular weight is 236 g/mol. The number of rotatable bonds is 2. The van der Waals surface area contributed by atoms with Gasteiger partial charge < -0.3 is 10.6 Å². The van der Waals surface area contributed by atoms with Crippen LogP contribution in [-0.2, 0) is 4.79 Å². The lowest BCUT2D eigenvalue weighted by atomic mass is 10.0. The number of carbonyl (C=O) groups is 1. The zero-order valence-electron chi connectivity index (χ0n) is 11.0. The van der Waals surface area contributed by atoms with Crippen LogP contribution in [0.5, 0.6) is 0 Å². The highest BCUT2D eigenvalue weighted by Gasteiger charge is 2.21. The predicted octanol–water partition coefficient (Wildman–Crippen LogP) is 1.99. The Balaban J connectivity index is 1.85. The monoisotopic (exact) mass is 236 g/mol. The Kier molecular flexibility index (Phi) is 4.21. The third kappa shape index (κ3) is 3.32. The van der Waals surface area contributed by atoms with Crippen molar-refractivity contribution in [3.05, 3.63) is 11.1 Å². The van der Waals surface area contributed by atoms with Crippen molar-refractivity contribution in [3.63, 3.8) is 0 Å². The first-order valence-electron chi connectivity index (χ1n) is 6.87. The molecule has 2 rings (SSSR count). The summed E-state index contributed by atoms with van der Waals surface area (Å²) in [4.78, 5) is 12.0. The van der Waals surface area contributed by atoms with E-state index < -0.39 is 0 Å². The Morgan fingerprint density at radius 2 is 2.00 bits per heavy atom. The summed E-state index contributed by atoms with van der Waals surface area (Å²) < 4.78 is 0. The van der Waals surface area contributed by atoms with Crippen LogP contribution in [-0.4, -0.2) is 25.0 Å². The second-order valence-corrected chi connectivity index (χ2v) is 5.62. The molecule has 0 aromatic rings. The van der Waals surface area contributed by atoms with Crippen LogP contribution < -0.4 is 10.6 Å². The van der Waals surface area contributed by atoms with Gasteiger partial charge in [0.05, 0.1) is 0 Å². The maximum Gasteiger partial charge on any atom is 0.247 e. The summed E-state index contributed by atoms with van der Waals surface area (Å²) in [6.07, 6.45) is 6.12. The molecule has 0 radical (unpaired) electrons. The first-order chi connectivity index (χ1) is 8.16. The van der Waals surface area contributed by atoms with Crippen molar-refractivity contribution < 1.29 is 4.79 Å². The second-order valence-electron chi connectivity index (χ2n) is 5.62. The molecule has 2 aliphatic rings. The molecule has 0 spiro atoms. The van der Waals surface area contributed by atoms with E-state index in [0.29, 0.717) is 6.04 Å². The van der Waals surface area contributed by atoms with Crippen LogP contribution in [0.3, 0.4) is 0 Å². The van der Waals surface area contributed by atoms with E-state index in [1.807, 2.05) is 6.92 Å². The highest BCUT2D eigenvalue weighted by molar-refractivity contribution is 5.94. The zero-order chi connectivity index (χ0) is 12.3. The molecular weight excluding hydrogens is 212 g/mol. The molecule has 1 aliphatic heterocycles. The van der Waals surface area contributed by atoms with Gasteiger partial charge in [0.15, 0.2) is 0 Å². The van der Waals surface area contributed by atoms with Crippen LogP contribution in [0, 0.1) is 5.92 Å². The fraction of sp³-hybridized carbons (Fsp3) is 0.786. The van der Waals surface area contributed by atoms with Crippen molar-refractivity contribution in [2.75, 3.05) is 13.1 Å². The Morgan fingerprint density at radius 1 is 1.24 bits per heavy atom. The van der Waals surface area contributed by atoms with Crippen molar-refractivity contribution in [3.8, 4) is 0 Å². The molecule has 96 valence electrons. The average Bonchev–Trinajstić information content (AvgIpc) is 2.41. The predicted molar refractivity (Wildman–Crippen MR) is 69.7 cm³/mol. The van der Waals surface area contributed by atoms with Crippen molar-refractivity contribution in [1.29, 1.82) is 0 Å². The van der Waals surface area contributed by atoms with Crippen molar-refractivity contribution in [2.45, 2.75) is 52.0 Å². The lowest BCUT2D eigenvalue weighted by Crippen LogP contribution is -2.40. The summed E-state index contributed by atoms with van der Waals surface area (Å²) in [5.74, 6) is 0.980. The van der Waals surface area contributed by atoms with Crippen LogP contribution in [0.25, 0.3) is 0 Å². The summed E-state index contributed by atoms with van der Waals surface area (Å²) in [5, 5.41) is 6.38. The Labute approximate surface area is 104 Å². The SMILES string of the molecule is CC(C(=O)NC1CCCC(C)CC1)=C1CNC1. The molecular formula is C14H24N2O. The van der Waals surface area contributed by atoms with E-state index in [9.17, 15) is 4.79 Å². The van der Waals surface area contributed by atoms with E-state index in [0.717, 1.165) is 37.4 Å². The van der Waals surface area contributed by atoms with E-state index >= 15 is 0 Å². The molecule has 1 amide bonds. The molecule has 2 unspecified atom stereocenters. The van der Waals surface area contributed by atoms with Gasteiger partial charge in [-0.05, 0) is 37.7 Å². The van der Waals surface area contributed by atoms with Gasteiger partial charge in [-0.15, -0.1) is 0 Å². The van der Waals surface area contributed by atoms with Crippen molar-refractivity contribution in [1.82, 2.24) is 10.6 Å². The van der Waals surface area contributed by atoms with Crippen LogP contribution in [0.2, 0.25) is 0 Å². The minimum absolute atomic E-state index is 0.154. The minimum Gasteiger partial charge on any atom is -0.350 e. The molecule has 3 heteroatoms. The molecule has 1 aliphatic carbocycles. The van der Waals surface area contributed by atoms with Gasteiger partial charge in [-0.2, -0.15) is 0 Å². The van der Waals surface area contributed by atoms with Gasteiger partial charge in [0, 0.05) is 24.7 Å². The van der Waals surface area contributed by atoms with E-state index in [4.69, 9.17) is 0 Å². The highest BCUT2D eigenvalue weighted by Crippen LogP contribution is 2.23. The van der Waals surface area contributed by atoms with Crippen LogP contribution in [0.4, 0.5) is 0 Å². The fourth-order valence-corrected chi connectivity index (χ4v) is 2.60. The fourth-order valence-electron chi connectivity index (χ4n) is 2.60. The topological polar surface area (TPSA) is 41.1 Å². The van der Waals surface area contributed by atoms with E-state index in [2.05, 4.69) is 17.6 Å². The molecule has 17 heavy (non-hydrogen) atoms. The summed E-state index contributed by atoms with van der Waals surface area (Å²) >= 11 is 0. The molecule has 0 aromatic heterocycles. The minimum atomic E-state index is 0.154. The Bertz CT molecular complexity index is 316. The molecule has 2 atom stereocenters. The highest BCUT2D eigenvalue weighted by atomic mass is 16.1. The van der Waals surface area contributed by atoms with Gasteiger partial charge in [-0.25, -0.2) is 0 Å². The maximum atomic E-state index is 12.0. The molecule has 2 N–H and O–H groups in total. The third-order valence-electron chi connectivity index (χ3n) is 4.14. The van der Waals surface area contributed by atoms with Crippen LogP contribution >= 0.6 is 0 Å². The molecule has 1 heterocycles. The number of hydrogen-bond acceptors (Lipinski definition) is 2. The van der Waals surface area contributed by atoms with Gasteiger partial charge in [-0.3, -0.25) is 4.79 Å². The summed E-state index contributed by atoms with van der Waals surface area (Å²) in [7, 11) is 0. The van der Waals surface area contributed by atoms with Gasteiger partial charge in [-0.1, -0.05) is 19.8 Å². The molecule has 0 aromatic carbocycles. The quantitative estimate of drug-likeness (QED) is 0.568. The summed E-state index contributed by atoms with van der Waals surface area (Å²) in [6.45, 7) is 6.05. The molecule has 2 fully saturated rings. The van der Waals surface area contributed by atoms with Gasteiger partial charge in [0.25, 0.3) is 0 Å². The van der Waals surface area contributed by atoms with Gasteiger partial charge in [0.1, 0.15) is 0 Å². The van der Waals surface area contributed by atoms with Crippen molar-refractivity contribution >= 4 is 5.91 Å². The first-order valence-corrected chi connectivity index (χ1v) is 6.87. The van der Waals surface area contributed by atoms with Crippen LogP contribution in [0.1, 0.15) is 46.0 Å². The maximum absolute atomic E-state index is 12.0. The molecule has 3 nitrogen and oxygen atoms in total. The number of carbonyl (C=O) groups excluding carboxylic acids is 1. The van der Waals surface area contributed by atoms with E-state index in [-0.39, 0.29) is 5.91 Å². The van der Waals surface area contributed by atoms with E-state index in [1.165, 1.54) is 24.8 Å². The first kappa shape index (κ1) is 12.6. The van der Waals surface area contributed by atoms with Crippen molar-refractivity contribution in [2.24, 2.45) is 5.92 Å². The summed E-state index contributed by atoms with van der Waals surface area (Å²) in [6, 6.07) is 0.399. The second kappa shape index (κ2) is 5.67. The Hall–Kier alpha value is -0.830. The number of hydrogen-bond donors (Lipinski definition) is 2. The third-order valence-corrected chi connectivity index (χ3v) is 4.14. The molecule has 1 saturated heterocycles. The smallest absolute Gasteiger partial charge is 0.247 e. The van der Waals surface area contributed by atoms with Gasteiger partial charge >= 0.3 is 0 Å². The van der Waals surface area contributed by atoms with E-state index in [1.54, 1.807) is 0 Å². The number of nitrogens with one attached hydrogen (secondary N) is 2. The molecule has 1 saturated carbocycles. The number of amides is 1. The normalized spacial score (nSPS) is 29.2. The van der Waals surface area contributed by atoms with Gasteiger partial charge in [0.2, 0.25) is 5.91 Å². The summed E-state index contributed by atoms with van der Waals surface area (Å²) in [5.41, 5.74) is 2.20. The molecule has 0 bridgehead atoms. The largest absolute Gasteiger partial charge is 0.350 e. The Morgan fingerprint density at radius 3 is 2.65 bits per heavy atom. The lowest BCUT2D eigenvalue weighted by Gasteiger charge is -2.23. The standard InChI is InChI=1S/C14H24N2O/c1-10-4-3-5-13(7-6-10)16-14(17)11(2)12-8-15-9-12/h10,13,15H,3-9H2,1-2H3,(H,16,17). The van der Waals surface area contributed by atoms with Crippen LogP contribution in [0.15, 0.2) is 11.1 Å². The lowest BCUT2D eigenvalue weighted by molar-refractivity contribution is -0.118.